The number of fused-ring (bicyclic) bond motifs is 1. The van der Waals surface area contributed by atoms with Crippen LogP contribution in [-0.4, -0.2) is 82.6 Å². The van der Waals surface area contributed by atoms with E-state index >= 15 is 0 Å². The van der Waals surface area contributed by atoms with Crippen molar-refractivity contribution in [2.45, 2.75) is 24.5 Å². The summed E-state index contributed by atoms with van der Waals surface area (Å²) in [5.74, 6) is -0.480. The number of imidazole rings is 1. The summed E-state index contributed by atoms with van der Waals surface area (Å²) in [6.45, 7) is -0.465. The lowest BCUT2D eigenvalue weighted by Gasteiger charge is -2.16. The van der Waals surface area contributed by atoms with E-state index in [0.717, 1.165) is 0 Å². The first kappa shape index (κ1) is 18.2. The number of carbonyl (C=O) groups excluding carboxylic acids is 1. The molecule has 0 saturated carbocycles. The number of carbonyl (C=O) groups is 1. The fourth-order valence-corrected chi connectivity index (χ4v) is 2.98. The standard InChI is InChI=1S/C15H17N7O6/c1-27-14(26)6-2-18-22(3-6)15-19-11(16)8-12(20-15)21(5-17-8)13-10(25)9(24)7(4-23)28-13/h2-3,5,7,9-10,13,23-25H,4H2,1H3,(H2,16,19,20)/t7-,9?,10?,13-/m1/s1. The van der Waals surface area contributed by atoms with Gasteiger partial charge in [-0.15, -0.1) is 0 Å². The predicted octanol–water partition coefficient (Wildman–Crippen LogP) is -2.01. The molecule has 1 fully saturated rings. The zero-order valence-corrected chi connectivity index (χ0v) is 14.6. The van der Waals surface area contributed by atoms with Gasteiger partial charge < -0.3 is 30.5 Å². The zero-order valence-electron chi connectivity index (χ0n) is 14.6. The van der Waals surface area contributed by atoms with Crippen LogP contribution < -0.4 is 5.73 Å². The Balaban J connectivity index is 1.77. The highest BCUT2D eigenvalue weighted by molar-refractivity contribution is 5.88. The second-order valence-electron chi connectivity index (χ2n) is 6.13. The molecule has 0 radical (unpaired) electrons. The Kier molecular flexibility index (Phi) is 4.43. The molecule has 4 atom stereocenters. The Hall–Kier alpha value is -3.13. The smallest absolute Gasteiger partial charge is 0.341 e. The largest absolute Gasteiger partial charge is 0.465 e. The molecule has 1 aliphatic heterocycles. The number of ether oxygens (including phenoxy) is 2. The molecule has 148 valence electrons. The van der Waals surface area contributed by atoms with Crippen LogP contribution in [-0.2, 0) is 9.47 Å². The lowest BCUT2D eigenvalue weighted by molar-refractivity contribution is -0.0511. The molecule has 0 aromatic carbocycles. The van der Waals surface area contributed by atoms with Crippen molar-refractivity contribution in [3.8, 4) is 5.95 Å². The fraction of sp³-hybridized carbons (Fsp3) is 0.400. The Labute approximate surface area is 157 Å². The number of anilines is 1. The first-order valence-corrected chi connectivity index (χ1v) is 8.20. The monoisotopic (exact) mass is 391 g/mol. The van der Waals surface area contributed by atoms with Gasteiger partial charge in [-0.1, -0.05) is 0 Å². The summed E-state index contributed by atoms with van der Waals surface area (Å²) in [6, 6.07) is 0. The summed E-state index contributed by atoms with van der Waals surface area (Å²) < 4.78 is 12.8. The van der Waals surface area contributed by atoms with E-state index in [4.69, 9.17) is 10.5 Å². The van der Waals surface area contributed by atoms with Crippen molar-refractivity contribution in [1.29, 1.82) is 0 Å². The van der Waals surface area contributed by atoms with Gasteiger partial charge in [0.25, 0.3) is 5.95 Å². The number of esters is 1. The van der Waals surface area contributed by atoms with Crippen molar-refractivity contribution >= 4 is 23.0 Å². The highest BCUT2D eigenvalue weighted by Gasteiger charge is 2.44. The number of aliphatic hydroxyl groups excluding tert-OH is 3. The van der Waals surface area contributed by atoms with Crippen LogP contribution in [0, 0.1) is 0 Å². The molecule has 4 rings (SSSR count). The Bertz CT molecular complexity index is 1030. The van der Waals surface area contributed by atoms with Gasteiger partial charge in [-0.05, 0) is 0 Å². The third-order valence-corrected chi connectivity index (χ3v) is 4.44. The molecule has 0 bridgehead atoms. The number of nitrogens with two attached hydrogens (primary N) is 1. The summed E-state index contributed by atoms with van der Waals surface area (Å²) in [7, 11) is 1.25. The van der Waals surface area contributed by atoms with Crippen LogP contribution in [0.15, 0.2) is 18.7 Å². The van der Waals surface area contributed by atoms with Gasteiger partial charge in [0, 0.05) is 6.20 Å². The highest BCUT2D eigenvalue weighted by Crippen LogP contribution is 2.32. The number of aromatic nitrogens is 6. The van der Waals surface area contributed by atoms with Gasteiger partial charge in [0.15, 0.2) is 17.7 Å². The molecule has 4 heterocycles. The van der Waals surface area contributed by atoms with Gasteiger partial charge in [0.05, 0.1) is 31.8 Å². The Morgan fingerprint density at radius 3 is 2.82 bits per heavy atom. The Morgan fingerprint density at radius 2 is 2.14 bits per heavy atom. The van der Waals surface area contributed by atoms with Crippen LogP contribution >= 0.6 is 0 Å². The van der Waals surface area contributed by atoms with Crippen LogP contribution in [0.2, 0.25) is 0 Å². The minimum Gasteiger partial charge on any atom is -0.465 e. The summed E-state index contributed by atoms with van der Waals surface area (Å²) in [4.78, 5) is 24.2. The first-order valence-electron chi connectivity index (χ1n) is 8.20. The minimum absolute atomic E-state index is 0.0422. The molecule has 1 aliphatic rings. The third-order valence-electron chi connectivity index (χ3n) is 4.44. The van der Waals surface area contributed by atoms with E-state index in [1.165, 1.54) is 35.1 Å². The van der Waals surface area contributed by atoms with Crippen molar-refractivity contribution in [2.75, 3.05) is 19.5 Å². The lowest BCUT2D eigenvalue weighted by atomic mass is 10.1. The van der Waals surface area contributed by atoms with Crippen molar-refractivity contribution < 1.29 is 29.6 Å². The van der Waals surface area contributed by atoms with E-state index in [9.17, 15) is 20.1 Å². The second-order valence-corrected chi connectivity index (χ2v) is 6.13. The highest BCUT2D eigenvalue weighted by atomic mass is 16.6. The van der Waals surface area contributed by atoms with Crippen LogP contribution in [0.3, 0.4) is 0 Å². The summed E-state index contributed by atoms with van der Waals surface area (Å²) >= 11 is 0. The average Bonchev–Trinajstić information content (AvgIpc) is 3.40. The zero-order chi connectivity index (χ0) is 20.0. The number of aliphatic hydroxyl groups is 3. The SMILES string of the molecule is COC(=O)c1cnn(-c2nc(N)c3ncn([C@@H]4O[C@H](CO)C(O)C4O)c3n2)c1. The number of nitrogens with zero attached hydrogens (tertiary/aromatic N) is 6. The summed E-state index contributed by atoms with van der Waals surface area (Å²) in [5.41, 5.74) is 6.63. The molecular weight excluding hydrogens is 374 g/mol. The molecule has 2 unspecified atom stereocenters. The van der Waals surface area contributed by atoms with E-state index in [0.29, 0.717) is 0 Å². The lowest BCUT2D eigenvalue weighted by Crippen LogP contribution is -2.33. The molecule has 0 aliphatic carbocycles. The van der Waals surface area contributed by atoms with E-state index in [2.05, 4.69) is 24.8 Å². The number of methoxy groups -OCH3 is 1. The molecule has 0 spiro atoms. The van der Waals surface area contributed by atoms with Crippen molar-refractivity contribution in [2.24, 2.45) is 0 Å². The maximum Gasteiger partial charge on any atom is 0.341 e. The summed E-state index contributed by atoms with van der Waals surface area (Å²) in [5, 5.41) is 33.5. The molecule has 0 amide bonds. The number of rotatable bonds is 4. The maximum absolute atomic E-state index is 11.6. The van der Waals surface area contributed by atoms with Gasteiger partial charge in [-0.25, -0.2) is 14.5 Å². The van der Waals surface area contributed by atoms with Crippen molar-refractivity contribution in [3.05, 3.63) is 24.3 Å². The second kappa shape index (κ2) is 6.79. The van der Waals surface area contributed by atoms with Gasteiger partial charge in [-0.3, -0.25) is 4.57 Å². The topological polar surface area (TPSA) is 184 Å². The quantitative estimate of drug-likeness (QED) is 0.360. The molecular formula is C15H17N7O6. The molecule has 28 heavy (non-hydrogen) atoms. The van der Waals surface area contributed by atoms with Crippen LogP contribution in [0.1, 0.15) is 16.6 Å². The maximum atomic E-state index is 11.6. The fourth-order valence-electron chi connectivity index (χ4n) is 2.98. The molecule has 3 aromatic rings. The van der Waals surface area contributed by atoms with E-state index in [1.807, 2.05) is 0 Å². The molecule has 3 aromatic heterocycles. The van der Waals surface area contributed by atoms with Gasteiger partial charge in [0.2, 0.25) is 0 Å². The number of hydrogen-bond acceptors (Lipinski definition) is 11. The number of hydrogen-bond donors (Lipinski definition) is 4. The van der Waals surface area contributed by atoms with E-state index in [-0.39, 0.29) is 28.5 Å². The van der Waals surface area contributed by atoms with Gasteiger partial charge in [0.1, 0.15) is 23.8 Å². The molecule has 13 nitrogen and oxygen atoms in total. The molecule has 1 saturated heterocycles. The van der Waals surface area contributed by atoms with Gasteiger partial charge >= 0.3 is 5.97 Å². The summed E-state index contributed by atoms with van der Waals surface area (Å²) in [6.07, 6.45) is -0.585. The number of nitrogen functional groups attached to an aromatic ring is 1. The third kappa shape index (κ3) is 2.77. The van der Waals surface area contributed by atoms with Crippen molar-refractivity contribution in [1.82, 2.24) is 29.3 Å². The normalized spacial score (nSPS) is 24.7. The minimum atomic E-state index is -1.31. The van der Waals surface area contributed by atoms with Crippen LogP contribution in [0.4, 0.5) is 5.82 Å². The van der Waals surface area contributed by atoms with E-state index in [1.54, 1.807) is 0 Å². The molecule has 13 heteroatoms. The molecule has 5 N–H and O–H groups in total. The Morgan fingerprint density at radius 1 is 1.36 bits per heavy atom. The first-order chi connectivity index (χ1) is 13.4. The van der Waals surface area contributed by atoms with Crippen molar-refractivity contribution in [3.63, 3.8) is 0 Å². The average molecular weight is 391 g/mol. The van der Waals surface area contributed by atoms with E-state index < -0.39 is 37.1 Å². The van der Waals surface area contributed by atoms with Gasteiger partial charge in [-0.2, -0.15) is 15.1 Å². The van der Waals surface area contributed by atoms with Crippen LogP contribution in [0.5, 0.6) is 0 Å². The predicted molar refractivity (Wildman–Crippen MR) is 91.2 cm³/mol. The van der Waals surface area contributed by atoms with Crippen LogP contribution in [0.25, 0.3) is 17.1 Å².